The average Bonchev–Trinajstić information content (AvgIpc) is 3.29. The van der Waals surface area contributed by atoms with Crippen LogP contribution in [0.4, 0.5) is 5.69 Å². The minimum Gasteiger partial charge on any atom is -0.486 e. The van der Waals surface area contributed by atoms with E-state index in [1.54, 1.807) is 24.3 Å². The van der Waals surface area contributed by atoms with E-state index in [9.17, 15) is 13.2 Å². The Morgan fingerprint density at radius 3 is 2.83 bits per heavy atom. The Bertz CT molecular complexity index is 1070. The highest BCUT2D eigenvalue weighted by atomic mass is 32.2. The molecule has 1 atom stereocenters. The van der Waals surface area contributed by atoms with Crippen LogP contribution in [-0.2, 0) is 21.2 Å². The summed E-state index contributed by atoms with van der Waals surface area (Å²) in [4.78, 5) is 12.4. The largest absolute Gasteiger partial charge is 0.486 e. The maximum atomic E-state index is 12.4. The first-order valence-corrected chi connectivity index (χ1v) is 12.3. The third-order valence-corrected chi connectivity index (χ3v) is 7.55. The lowest BCUT2D eigenvalue weighted by atomic mass is 10.1. The van der Waals surface area contributed by atoms with E-state index in [0.29, 0.717) is 54.3 Å². The molecule has 0 unspecified atom stereocenters. The van der Waals surface area contributed by atoms with Crippen molar-refractivity contribution in [2.24, 2.45) is 0 Å². The number of sulfone groups is 1. The normalized spacial score (nSPS) is 19.4. The molecule has 0 spiro atoms. The average molecular weight is 451 g/mol. The van der Waals surface area contributed by atoms with Gasteiger partial charge < -0.3 is 19.4 Å². The highest BCUT2D eigenvalue weighted by Gasteiger charge is 2.33. The number of nitrogens with zero attached hydrogens (tertiary/aromatic N) is 3. The number of anilines is 1. The van der Waals surface area contributed by atoms with E-state index in [1.807, 2.05) is 4.57 Å². The number of rotatable bonds is 7. The van der Waals surface area contributed by atoms with Crippen LogP contribution in [0.25, 0.3) is 0 Å². The molecule has 0 radical (unpaired) electrons. The lowest BCUT2D eigenvalue weighted by Crippen LogP contribution is -2.17. The number of allylic oxidation sites excluding steroid dienone is 1. The van der Waals surface area contributed by atoms with Crippen molar-refractivity contribution in [2.45, 2.75) is 24.0 Å². The molecule has 160 valence electrons. The Balaban J connectivity index is 1.40. The molecular weight excluding hydrogens is 428 g/mol. The number of hydrogen-bond donors (Lipinski definition) is 1. The maximum absolute atomic E-state index is 12.4. The predicted octanol–water partition coefficient (Wildman–Crippen LogP) is 1.87. The van der Waals surface area contributed by atoms with Crippen LogP contribution < -0.4 is 14.8 Å². The first-order valence-electron chi connectivity index (χ1n) is 9.52. The van der Waals surface area contributed by atoms with Crippen molar-refractivity contribution in [1.29, 1.82) is 0 Å². The molecule has 30 heavy (non-hydrogen) atoms. The minimum absolute atomic E-state index is 0.0809. The van der Waals surface area contributed by atoms with Gasteiger partial charge >= 0.3 is 0 Å². The molecule has 1 aromatic carbocycles. The Labute approximate surface area is 178 Å². The quantitative estimate of drug-likeness (QED) is 0.503. The van der Waals surface area contributed by atoms with Crippen molar-refractivity contribution in [3.8, 4) is 11.5 Å². The van der Waals surface area contributed by atoms with Crippen LogP contribution >= 0.6 is 11.8 Å². The van der Waals surface area contributed by atoms with Gasteiger partial charge in [0.15, 0.2) is 26.5 Å². The molecule has 0 bridgehead atoms. The SMILES string of the molecule is C=CCn1c(SCC(=O)Nc2ccc3c(c2)OCCO3)nnc1[C@H]1CCS(=O)(=O)C1. The summed E-state index contributed by atoms with van der Waals surface area (Å²) in [6.45, 7) is 5.19. The second-order valence-electron chi connectivity index (χ2n) is 7.04. The lowest BCUT2D eigenvalue weighted by molar-refractivity contribution is -0.113. The van der Waals surface area contributed by atoms with Crippen LogP contribution in [0.5, 0.6) is 11.5 Å². The third-order valence-electron chi connectivity index (χ3n) is 4.81. The number of amides is 1. The summed E-state index contributed by atoms with van der Waals surface area (Å²) in [7, 11) is -3.03. The number of hydrogen-bond acceptors (Lipinski definition) is 8. The van der Waals surface area contributed by atoms with Gasteiger partial charge in [-0.1, -0.05) is 17.8 Å². The number of nitrogens with one attached hydrogen (secondary N) is 1. The highest BCUT2D eigenvalue weighted by molar-refractivity contribution is 7.99. The number of ether oxygens (including phenoxy) is 2. The Morgan fingerprint density at radius 1 is 1.30 bits per heavy atom. The van der Waals surface area contributed by atoms with Gasteiger partial charge in [-0.05, 0) is 18.6 Å². The van der Waals surface area contributed by atoms with Gasteiger partial charge in [0.1, 0.15) is 19.0 Å². The summed E-state index contributed by atoms with van der Waals surface area (Å²) < 4.78 is 36.5. The molecule has 4 rings (SSSR count). The zero-order valence-electron chi connectivity index (χ0n) is 16.2. The van der Waals surface area contributed by atoms with Gasteiger partial charge in [-0.2, -0.15) is 0 Å². The number of fused-ring (bicyclic) bond motifs is 1. The predicted molar refractivity (Wildman–Crippen MR) is 113 cm³/mol. The maximum Gasteiger partial charge on any atom is 0.234 e. The van der Waals surface area contributed by atoms with Crippen molar-refractivity contribution >= 4 is 33.2 Å². The van der Waals surface area contributed by atoms with Gasteiger partial charge in [0.05, 0.1) is 17.3 Å². The molecule has 2 aliphatic heterocycles. The molecule has 0 saturated carbocycles. The molecule has 1 N–H and O–H groups in total. The molecule has 1 saturated heterocycles. The molecule has 3 heterocycles. The van der Waals surface area contributed by atoms with Crippen molar-refractivity contribution < 1.29 is 22.7 Å². The molecule has 1 fully saturated rings. The van der Waals surface area contributed by atoms with Gasteiger partial charge in [0.2, 0.25) is 5.91 Å². The van der Waals surface area contributed by atoms with Crippen LogP contribution in [0.3, 0.4) is 0 Å². The fourth-order valence-electron chi connectivity index (χ4n) is 3.46. The van der Waals surface area contributed by atoms with Crippen LogP contribution in [0.2, 0.25) is 0 Å². The summed E-state index contributed by atoms with van der Waals surface area (Å²) in [6, 6.07) is 5.25. The molecule has 0 aliphatic carbocycles. The van der Waals surface area contributed by atoms with E-state index in [-0.39, 0.29) is 29.1 Å². The third kappa shape index (κ3) is 4.62. The van der Waals surface area contributed by atoms with E-state index < -0.39 is 9.84 Å². The van der Waals surface area contributed by atoms with E-state index >= 15 is 0 Å². The molecule has 1 aromatic heterocycles. The summed E-state index contributed by atoms with van der Waals surface area (Å²) >= 11 is 1.25. The number of thioether (sulfide) groups is 1. The van der Waals surface area contributed by atoms with E-state index in [4.69, 9.17) is 9.47 Å². The van der Waals surface area contributed by atoms with Crippen molar-refractivity contribution in [2.75, 3.05) is 35.8 Å². The zero-order chi connectivity index (χ0) is 21.1. The smallest absolute Gasteiger partial charge is 0.234 e. The van der Waals surface area contributed by atoms with Crippen molar-refractivity contribution in [3.63, 3.8) is 0 Å². The molecule has 9 nitrogen and oxygen atoms in total. The van der Waals surface area contributed by atoms with Gasteiger partial charge in [-0.15, -0.1) is 16.8 Å². The topological polar surface area (TPSA) is 112 Å². The van der Waals surface area contributed by atoms with Crippen LogP contribution in [0.1, 0.15) is 18.2 Å². The fraction of sp³-hybridized carbons (Fsp3) is 0.421. The van der Waals surface area contributed by atoms with Gasteiger partial charge in [-0.3, -0.25) is 4.79 Å². The highest BCUT2D eigenvalue weighted by Crippen LogP contribution is 2.33. The van der Waals surface area contributed by atoms with E-state index in [0.717, 1.165) is 0 Å². The fourth-order valence-corrected chi connectivity index (χ4v) is 5.95. The Kier molecular flexibility index (Phi) is 6.00. The van der Waals surface area contributed by atoms with Gasteiger partial charge in [-0.25, -0.2) is 8.42 Å². The second kappa shape index (κ2) is 8.68. The summed E-state index contributed by atoms with van der Waals surface area (Å²) in [5.41, 5.74) is 0.620. The van der Waals surface area contributed by atoms with Crippen LogP contribution in [0.15, 0.2) is 36.0 Å². The molecule has 2 aromatic rings. The van der Waals surface area contributed by atoms with Crippen molar-refractivity contribution in [1.82, 2.24) is 14.8 Å². The standard InChI is InChI=1S/C19H22N4O5S2/c1-2-6-23-18(13-5-9-30(25,26)12-13)21-22-19(23)29-11-17(24)20-14-3-4-15-16(10-14)28-8-7-27-15/h2-4,10,13H,1,5-9,11-12H2,(H,20,24)/t13-/m0/s1. The van der Waals surface area contributed by atoms with Gasteiger partial charge in [0, 0.05) is 24.2 Å². The number of aromatic nitrogens is 3. The second-order valence-corrected chi connectivity index (χ2v) is 10.2. The number of carbonyl (C=O) groups is 1. The molecule has 11 heteroatoms. The summed E-state index contributed by atoms with van der Waals surface area (Å²) in [6.07, 6.45) is 2.24. The van der Waals surface area contributed by atoms with Gasteiger partial charge in [0.25, 0.3) is 0 Å². The minimum atomic E-state index is -3.03. The summed E-state index contributed by atoms with van der Waals surface area (Å²) in [5, 5.41) is 11.8. The first kappa shape index (κ1) is 20.7. The molecular formula is C19H22N4O5S2. The summed E-state index contributed by atoms with van der Waals surface area (Å²) in [5.74, 6) is 1.90. The Morgan fingerprint density at radius 2 is 2.10 bits per heavy atom. The number of benzene rings is 1. The van der Waals surface area contributed by atoms with Crippen LogP contribution in [0, 0.1) is 0 Å². The zero-order valence-corrected chi connectivity index (χ0v) is 17.9. The van der Waals surface area contributed by atoms with E-state index in [1.165, 1.54) is 11.8 Å². The first-order chi connectivity index (χ1) is 14.4. The molecule has 2 aliphatic rings. The van der Waals surface area contributed by atoms with Crippen LogP contribution in [-0.4, -0.2) is 59.6 Å². The monoisotopic (exact) mass is 450 g/mol. The van der Waals surface area contributed by atoms with E-state index in [2.05, 4.69) is 22.1 Å². The lowest BCUT2D eigenvalue weighted by Gasteiger charge is -2.19. The van der Waals surface area contributed by atoms with Crippen molar-refractivity contribution in [3.05, 3.63) is 36.7 Å². The molecule has 1 amide bonds. The Hall–Kier alpha value is -2.53. The number of carbonyl (C=O) groups excluding carboxylic acids is 1.